The molecule has 3 rings (SSSR count). The third-order valence-corrected chi connectivity index (χ3v) is 3.49. The minimum Gasteiger partial charge on any atom is -0.489 e. The second-order valence-electron chi connectivity index (χ2n) is 5.25. The van der Waals surface area contributed by atoms with Crippen LogP contribution in [0.4, 0.5) is 5.69 Å². The minimum absolute atomic E-state index is 0.129. The predicted octanol–water partition coefficient (Wildman–Crippen LogP) is 3.13. The van der Waals surface area contributed by atoms with Gasteiger partial charge < -0.3 is 15.6 Å². The lowest BCUT2D eigenvalue weighted by Gasteiger charge is -2.08. The zero-order valence-corrected chi connectivity index (χ0v) is 12.4. The Bertz CT molecular complexity index is 795. The van der Waals surface area contributed by atoms with Gasteiger partial charge in [0.05, 0.1) is 5.69 Å². The summed E-state index contributed by atoms with van der Waals surface area (Å²) in [6.45, 7) is 0.453. The van der Waals surface area contributed by atoms with Crippen molar-refractivity contribution in [2.75, 3.05) is 0 Å². The molecule has 2 aromatic carbocycles. The van der Waals surface area contributed by atoms with Crippen LogP contribution in [-0.4, -0.2) is 16.9 Å². The van der Waals surface area contributed by atoms with Crippen molar-refractivity contribution in [1.82, 2.24) is 0 Å². The molecule has 0 radical (unpaired) electrons. The third-order valence-electron chi connectivity index (χ3n) is 3.49. The van der Waals surface area contributed by atoms with Gasteiger partial charge in [-0.05, 0) is 23.8 Å². The fourth-order valence-corrected chi connectivity index (χ4v) is 2.34. The number of benzene rings is 2. The van der Waals surface area contributed by atoms with Gasteiger partial charge in [0.25, 0.3) is 0 Å². The van der Waals surface area contributed by atoms with Crippen molar-refractivity contribution in [2.45, 2.75) is 13.0 Å². The van der Waals surface area contributed by atoms with Crippen molar-refractivity contribution < 1.29 is 14.6 Å². The number of hydrogen-bond acceptors (Lipinski definition) is 4. The molecule has 0 fully saturated rings. The van der Waals surface area contributed by atoms with E-state index in [9.17, 15) is 4.79 Å². The topological polar surface area (TPSA) is 84.9 Å². The van der Waals surface area contributed by atoms with Crippen LogP contribution in [0, 0.1) is 0 Å². The van der Waals surface area contributed by atoms with Crippen LogP contribution in [0.3, 0.4) is 0 Å². The smallest absolute Gasteiger partial charge is 0.332 e. The lowest BCUT2D eigenvalue weighted by atomic mass is 10.1. The molecule has 0 saturated heterocycles. The van der Waals surface area contributed by atoms with Crippen LogP contribution >= 0.6 is 0 Å². The standard InChI is InChI=1S/C18H16N2O3/c19-17-9-14(18(21)22)8-13-6-7-15(10-16(13)20-17)23-11-12-4-2-1-3-5-12/h1-8,10H,9,11H2,(H2,19,20)(H,21,22). The molecule has 1 aliphatic rings. The molecule has 0 amide bonds. The van der Waals surface area contributed by atoms with E-state index in [1.54, 1.807) is 24.3 Å². The second kappa shape index (κ2) is 6.36. The summed E-state index contributed by atoms with van der Waals surface area (Å²) in [5, 5.41) is 9.17. The fourth-order valence-electron chi connectivity index (χ4n) is 2.34. The number of carboxylic acid groups (broad SMARTS) is 1. The first-order valence-electron chi connectivity index (χ1n) is 7.19. The van der Waals surface area contributed by atoms with Gasteiger partial charge in [0, 0.05) is 23.6 Å². The quantitative estimate of drug-likeness (QED) is 0.908. The molecular weight excluding hydrogens is 292 g/mol. The van der Waals surface area contributed by atoms with Crippen molar-refractivity contribution in [1.29, 1.82) is 0 Å². The maximum absolute atomic E-state index is 11.2. The van der Waals surface area contributed by atoms with Gasteiger partial charge in [-0.3, -0.25) is 0 Å². The van der Waals surface area contributed by atoms with E-state index in [0.29, 0.717) is 18.0 Å². The lowest BCUT2D eigenvalue weighted by Crippen LogP contribution is -2.14. The van der Waals surface area contributed by atoms with Crippen molar-refractivity contribution in [3.63, 3.8) is 0 Å². The van der Waals surface area contributed by atoms with Crippen LogP contribution in [-0.2, 0) is 11.4 Å². The second-order valence-corrected chi connectivity index (χ2v) is 5.25. The monoisotopic (exact) mass is 308 g/mol. The highest BCUT2D eigenvalue weighted by molar-refractivity contribution is 6.02. The summed E-state index contributed by atoms with van der Waals surface area (Å²) in [7, 11) is 0. The first kappa shape index (κ1) is 14.8. The van der Waals surface area contributed by atoms with Gasteiger partial charge in [0.15, 0.2) is 0 Å². The van der Waals surface area contributed by atoms with E-state index in [1.807, 2.05) is 30.3 Å². The maximum Gasteiger partial charge on any atom is 0.332 e. The number of nitrogens with zero attached hydrogens (tertiary/aromatic N) is 1. The van der Waals surface area contributed by atoms with E-state index in [2.05, 4.69) is 4.99 Å². The Kier molecular flexibility index (Phi) is 4.10. The van der Waals surface area contributed by atoms with Crippen LogP contribution in [0.1, 0.15) is 17.5 Å². The summed E-state index contributed by atoms with van der Waals surface area (Å²) in [5.41, 5.74) is 8.42. The van der Waals surface area contributed by atoms with Crippen molar-refractivity contribution in [3.8, 4) is 5.75 Å². The number of ether oxygens (including phenoxy) is 1. The maximum atomic E-state index is 11.2. The van der Waals surface area contributed by atoms with E-state index < -0.39 is 5.97 Å². The SMILES string of the molecule is NC1=Nc2cc(OCc3ccccc3)ccc2C=C(C(=O)O)C1. The average Bonchev–Trinajstić information content (AvgIpc) is 2.71. The Balaban J connectivity index is 1.85. The molecule has 0 bridgehead atoms. The van der Waals surface area contributed by atoms with E-state index in [4.69, 9.17) is 15.6 Å². The first-order valence-corrected chi connectivity index (χ1v) is 7.19. The summed E-state index contributed by atoms with van der Waals surface area (Å²) in [5.74, 6) is -0.0469. The number of hydrogen-bond donors (Lipinski definition) is 2. The Hall–Kier alpha value is -3.08. The number of aliphatic carboxylic acids is 1. The highest BCUT2D eigenvalue weighted by Crippen LogP contribution is 2.30. The van der Waals surface area contributed by atoms with E-state index in [0.717, 1.165) is 11.1 Å². The zero-order chi connectivity index (χ0) is 16.2. The Morgan fingerprint density at radius 1 is 1.22 bits per heavy atom. The number of carboxylic acids is 1. The van der Waals surface area contributed by atoms with Crippen LogP contribution in [0.15, 0.2) is 59.1 Å². The highest BCUT2D eigenvalue weighted by atomic mass is 16.5. The van der Waals surface area contributed by atoms with Gasteiger partial charge in [-0.2, -0.15) is 0 Å². The minimum atomic E-state index is -0.986. The molecule has 0 spiro atoms. The lowest BCUT2D eigenvalue weighted by molar-refractivity contribution is -0.132. The number of carbonyl (C=O) groups is 1. The van der Waals surface area contributed by atoms with E-state index in [-0.39, 0.29) is 17.8 Å². The van der Waals surface area contributed by atoms with Crippen LogP contribution < -0.4 is 10.5 Å². The number of fused-ring (bicyclic) bond motifs is 1. The zero-order valence-electron chi connectivity index (χ0n) is 12.4. The third kappa shape index (κ3) is 3.58. The number of amidine groups is 1. The molecule has 3 N–H and O–H groups in total. The van der Waals surface area contributed by atoms with E-state index >= 15 is 0 Å². The number of nitrogens with two attached hydrogens (primary N) is 1. The summed E-state index contributed by atoms with van der Waals surface area (Å²) in [6, 6.07) is 15.2. The molecule has 0 aliphatic carbocycles. The molecule has 1 aliphatic heterocycles. The van der Waals surface area contributed by atoms with Gasteiger partial charge in [-0.15, -0.1) is 0 Å². The largest absolute Gasteiger partial charge is 0.489 e. The fraction of sp³-hybridized carbons (Fsp3) is 0.111. The van der Waals surface area contributed by atoms with Crippen molar-refractivity contribution in [2.24, 2.45) is 10.7 Å². The van der Waals surface area contributed by atoms with Gasteiger partial charge in [-0.1, -0.05) is 30.3 Å². The number of aliphatic imine (C=N–C) groups is 1. The summed E-state index contributed by atoms with van der Waals surface area (Å²) < 4.78 is 5.76. The highest BCUT2D eigenvalue weighted by Gasteiger charge is 2.15. The number of rotatable bonds is 4. The van der Waals surface area contributed by atoms with Crippen LogP contribution in [0.5, 0.6) is 5.75 Å². The molecule has 0 aromatic heterocycles. The molecule has 23 heavy (non-hydrogen) atoms. The molecule has 2 aromatic rings. The van der Waals surface area contributed by atoms with Gasteiger partial charge in [-0.25, -0.2) is 9.79 Å². The van der Waals surface area contributed by atoms with Gasteiger partial charge in [0.1, 0.15) is 18.2 Å². The normalized spacial score (nSPS) is 13.4. The van der Waals surface area contributed by atoms with E-state index in [1.165, 1.54) is 0 Å². The molecule has 0 atom stereocenters. The molecule has 116 valence electrons. The first-order chi connectivity index (χ1) is 11.1. The summed E-state index contributed by atoms with van der Waals surface area (Å²) in [4.78, 5) is 15.5. The summed E-state index contributed by atoms with van der Waals surface area (Å²) in [6.07, 6.45) is 1.73. The Labute approximate surface area is 133 Å². The molecule has 0 unspecified atom stereocenters. The molecule has 0 saturated carbocycles. The average molecular weight is 308 g/mol. The van der Waals surface area contributed by atoms with Gasteiger partial charge >= 0.3 is 5.97 Å². The predicted molar refractivity (Wildman–Crippen MR) is 88.7 cm³/mol. The van der Waals surface area contributed by atoms with Crippen molar-refractivity contribution in [3.05, 3.63) is 65.2 Å². The molecule has 5 nitrogen and oxygen atoms in total. The van der Waals surface area contributed by atoms with Crippen LogP contribution in [0.2, 0.25) is 0 Å². The molecule has 5 heteroatoms. The van der Waals surface area contributed by atoms with Crippen molar-refractivity contribution >= 4 is 23.6 Å². The van der Waals surface area contributed by atoms with Gasteiger partial charge in [0.2, 0.25) is 0 Å². The molecule has 1 heterocycles. The Morgan fingerprint density at radius 2 is 2.00 bits per heavy atom. The Morgan fingerprint density at radius 3 is 2.74 bits per heavy atom. The molecular formula is C18H16N2O3. The summed E-state index contributed by atoms with van der Waals surface area (Å²) >= 11 is 0. The van der Waals surface area contributed by atoms with Crippen LogP contribution in [0.25, 0.3) is 6.08 Å².